The lowest BCUT2D eigenvalue weighted by Gasteiger charge is -2.15. The van der Waals surface area contributed by atoms with Crippen LogP contribution in [0.3, 0.4) is 0 Å². The normalized spacial score (nSPS) is 11.3. The number of nitrogens with zero attached hydrogens (tertiary/aromatic N) is 1. The molecule has 0 radical (unpaired) electrons. The van der Waals surface area contributed by atoms with E-state index in [2.05, 4.69) is 71.9 Å². The van der Waals surface area contributed by atoms with Crippen molar-refractivity contribution in [3.8, 4) is 5.75 Å². The lowest BCUT2D eigenvalue weighted by Crippen LogP contribution is -2.36. The Balaban J connectivity index is 1.68. The molecule has 0 atom stereocenters. The fourth-order valence-corrected chi connectivity index (χ4v) is 4.97. The fraction of sp³-hybridized carbons (Fsp3) is 0.435. The molecule has 4 nitrogen and oxygen atoms in total. The summed E-state index contributed by atoms with van der Waals surface area (Å²) in [5, 5.41) is 15.8. The second kappa shape index (κ2) is 11.0. The molecule has 0 unspecified atom stereocenters. The number of nitrogens with one attached hydrogen (secondary N) is 2. The molecule has 0 spiro atoms. The molecule has 0 aliphatic rings. The molecule has 0 aliphatic heterocycles. The first-order valence-corrected chi connectivity index (χ1v) is 12.1. The van der Waals surface area contributed by atoms with Crippen molar-refractivity contribution in [3.63, 3.8) is 0 Å². The summed E-state index contributed by atoms with van der Waals surface area (Å²) in [6.45, 7) is 3.69. The molecule has 3 aromatic rings. The van der Waals surface area contributed by atoms with Gasteiger partial charge in [-0.1, -0.05) is 95.2 Å². The number of para-hydroxylation sites is 2. The zero-order valence-electron chi connectivity index (χ0n) is 16.9. The van der Waals surface area contributed by atoms with Crippen LogP contribution in [0.4, 0.5) is 5.95 Å². The van der Waals surface area contributed by atoms with Gasteiger partial charge in [-0.3, -0.25) is 5.32 Å². The van der Waals surface area contributed by atoms with Crippen molar-refractivity contribution in [3.05, 3.63) is 50.9 Å². The molecule has 2 aromatic carbocycles. The number of hydrogen-bond acceptors (Lipinski definition) is 2. The molecule has 3 rings (SSSR count). The van der Waals surface area contributed by atoms with Gasteiger partial charge in [0.05, 0.1) is 13.1 Å². The average molecular weight is 523 g/mol. The van der Waals surface area contributed by atoms with Gasteiger partial charge in [0, 0.05) is 8.95 Å². The van der Waals surface area contributed by atoms with E-state index in [1.165, 1.54) is 44.0 Å². The van der Waals surface area contributed by atoms with Crippen molar-refractivity contribution in [2.75, 3.05) is 5.32 Å². The van der Waals surface area contributed by atoms with Gasteiger partial charge in [-0.15, -0.1) is 0 Å². The zero-order chi connectivity index (χ0) is 20.6. The highest BCUT2D eigenvalue weighted by atomic mass is 79.9. The number of hydrogen-bond donors (Lipinski definition) is 2. The van der Waals surface area contributed by atoms with Crippen LogP contribution in [0.5, 0.6) is 5.75 Å². The molecule has 2 N–H and O–H groups in total. The minimum absolute atomic E-state index is 0.0236. The van der Waals surface area contributed by atoms with Crippen molar-refractivity contribution in [2.45, 2.75) is 65.0 Å². The maximum atomic E-state index is 12.4. The lowest BCUT2D eigenvalue weighted by molar-refractivity contribution is -0.657. The Kier molecular flexibility index (Phi) is 8.42. The number of H-pyrrole nitrogens is 1. The van der Waals surface area contributed by atoms with Gasteiger partial charge in [-0.25, -0.2) is 9.55 Å². The van der Waals surface area contributed by atoms with Gasteiger partial charge >= 0.3 is 5.95 Å². The Hall–Kier alpha value is -1.53. The molecular formula is C23H29Br2N3O. The number of benzene rings is 2. The number of halogens is 2. The maximum Gasteiger partial charge on any atom is 0.356 e. The van der Waals surface area contributed by atoms with Gasteiger partial charge in [0.2, 0.25) is 0 Å². The molecule has 0 fully saturated rings. The van der Waals surface area contributed by atoms with E-state index in [0.717, 1.165) is 34.5 Å². The number of aromatic nitrogens is 2. The van der Waals surface area contributed by atoms with E-state index in [0.29, 0.717) is 11.0 Å². The summed E-state index contributed by atoms with van der Waals surface area (Å²) in [6.07, 6.45) is 9.03. The van der Waals surface area contributed by atoms with Crippen molar-refractivity contribution >= 4 is 48.8 Å². The molecule has 1 heterocycles. The Bertz CT molecular complexity index is 939. The molecule has 0 saturated carbocycles. The SMILES string of the molecule is CCCCCCCCC[n+]1c(NCc2cc(Br)cc(Br)c2[O-])[nH]c2ccccc21. The first-order chi connectivity index (χ1) is 14.1. The highest BCUT2D eigenvalue weighted by Gasteiger charge is 2.17. The minimum Gasteiger partial charge on any atom is -0.871 e. The van der Waals surface area contributed by atoms with E-state index in [9.17, 15) is 5.11 Å². The smallest absolute Gasteiger partial charge is 0.356 e. The monoisotopic (exact) mass is 521 g/mol. The van der Waals surface area contributed by atoms with Gasteiger partial charge in [0.25, 0.3) is 0 Å². The van der Waals surface area contributed by atoms with E-state index >= 15 is 0 Å². The van der Waals surface area contributed by atoms with Crippen LogP contribution in [-0.4, -0.2) is 4.98 Å². The van der Waals surface area contributed by atoms with Crippen LogP contribution in [0, 0.1) is 0 Å². The average Bonchev–Trinajstić information content (AvgIpc) is 3.06. The van der Waals surface area contributed by atoms with Gasteiger partial charge in [-0.05, 0) is 36.2 Å². The number of rotatable bonds is 11. The molecule has 29 heavy (non-hydrogen) atoms. The summed E-state index contributed by atoms with van der Waals surface area (Å²) in [6, 6.07) is 12.0. The van der Waals surface area contributed by atoms with Crippen LogP contribution < -0.4 is 15.0 Å². The van der Waals surface area contributed by atoms with E-state index in [4.69, 9.17) is 0 Å². The second-order valence-electron chi connectivity index (χ2n) is 7.49. The van der Waals surface area contributed by atoms with Crippen molar-refractivity contribution in [1.29, 1.82) is 0 Å². The minimum atomic E-state index is 0.0236. The summed E-state index contributed by atoms with van der Waals surface area (Å²) in [4.78, 5) is 3.48. The first kappa shape index (κ1) is 22.2. The van der Waals surface area contributed by atoms with Crippen molar-refractivity contribution in [2.24, 2.45) is 0 Å². The summed E-state index contributed by atoms with van der Waals surface area (Å²) in [5.41, 5.74) is 3.03. The number of imidazole rings is 1. The summed E-state index contributed by atoms with van der Waals surface area (Å²) < 4.78 is 3.78. The van der Waals surface area contributed by atoms with Crippen LogP contribution in [0.15, 0.2) is 45.3 Å². The molecular weight excluding hydrogens is 494 g/mol. The molecule has 1 aromatic heterocycles. The summed E-state index contributed by atoms with van der Waals surface area (Å²) in [5.74, 6) is 0.975. The van der Waals surface area contributed by atoms with Gasteiger partial charge < -0.3 is 5.11 Å². The van der Waals surface area contributed by atoms with Gasteiger partial charge in [-0.2, -0.15) is 0 Å². The van der Waals surface area contributed by atoms with Crippen molar-refractivity contribution < 1.29 is 9.67 Å². The third-order valence-electron chi connectivity index (χ3n) is 5.23. The first-order valence-electron chi connectivity index (χ1n) is 10.5. The molecule has 0 aliphatic carbocycles. The van der Waals surface area contributed by atoms with Crippen LogP contribution in [0.2, 0.25) is 0 Å². The molecule has 0 amide bonds. The summed E-state index contributed by atoms with van der Waals surface area (Å²) in [7, 11) is 0. The van der Waals surface area contributed by atoms with Gasteiger partial charge in [0.1, 0.15) is 11.0 Å². The quantitative estimate of drug-likeness (QED) is 0.225. The largest absolute Gasteiger partial charge is 0.871 e. The number of aromatic amines is 1. The Morgan fingerprint density at radius 2 is 1.72 bits per heavy atom. The highest BCUT2D eigenvalue weighted by Crippen LogP contribution is 2.30. The lowest BCUT2D eigenvalue weighted by atomic mass is 10.1. The number of aryl methyl sites for hydroxylation is 1. The van der Waals surface area contributed by atoms with Crippen molar-refractivity contribution in [1.82, 2.24) is 4.98 Å². The second-order valence-corrected chi connectivity index (χ2v) is 9.26. The van der Waals surface area contributed by atoms with Gasteiger partial charge in [0.15, 0.2) is 0 Å². The Morgan fingerprint density at radius 1 is 1.00 bits per heavy atom. The summed E-state index contributed by atoms with van der Waals surface area (Å²) >= 11 is 6.82. The zero-order valence-corrected chi connectivity index (χ0v) is 20.1. The predicted octanol–water partition coefficient (Wildman–Crippen LogP) is 6.42. The van der Waals surface area contributed by atoms with Crippen LogP contribution in [-0.2, 0) is 13.1 Å². The van der Waals surface area contributed by atoms with E-state index in [1.807, 2.05) is 12.1 Å². The number of unbranched alkanes of at least 4 members (excludes halogenated alkanes) is 6. The predicted molar refractivity (Wildman–Crippen MR) is 125 cm³/mol. The van der Waals surface area contributed by atoms with E-state index < -0.39 is 0 Å². The third-order valence-corrected chi connectivity index (χ3v) is 6.28. The molecule has 156 valence electrons. The molecule has 0 bridgehead atoms. The van der Waals surface area contributed by atoms with Crippen LogP contribution in [0.1, 0.15) is 57.4 Å². The van der Waals surface area contributed by atoms with E-state index in [1.54, 1.807) is 6.07 Å². The Labute approximate surface area is 190 Å². The highest BCUT2D eigenvalue weighted by molar-refractivity contribution is 9.11. The standard InChI is InChI=1S/C23H29Br2N3O/c1-2-3-4-5-6-7-10-13-28-21-12-9-8-11-20(21)27-23(28)26-16-17-14-18(24)15-19(25)22(17)29/h8-9,11-12,14-15H,2-7,10,13,16H2,1H3,(H2,26,27,29). The van der Waals surface area contributed by atoms with Crippen LogP contribution in [0.25, 0.3) is 11.0 Å². The topological polar surface area (TPSA) is 54.8 Å². The number of anilines is 1. The molecule has 6 heteroatoms. The third kappa shape index (κ3) is 5.98. The Morgan fingerprint density at radius 3 is 2.52 bits per heavy atom. The van der Waals surface area contributed by atoms with E-state index in [-0.39, 0.29) is 5.75 Å². The van der Waals surface area contributed by atoms with Crippen LogP contribution >= 0.6 is 31.9 Å². The molecule has 0 saturated heterocycles. The maximum absolute atomic E-state index is 12.4. The number of fused-ring (bicyclic) bond motifs is 1. The fourth-order valence-electron chi connectivity index (χ4n) is 3.65.